The summed E-state index contributed by atoms with van der Waals surface area (Å²) in [6, 6.07) is 10.4. The van der Waals surface area contributed by atoms with Gasteiger partial charge in [0.2, 0.25) is 0 Å². The Bertz CT molecular complexity index is 560. The van der Waals surface area contributed by atoms with Gasteiger partial charge in [-0.2, -0.15) is 0 Å². The molecule has 0 amide bonds. The highest BCUT2D eigenvalue weighted by atomic mass is 16.5. The number of methoxy groups -OCH3 is 1. The predicted molar refractivity (Wildman–Crippen MR) is 81.3 cm³/mol. The minimum absolute atomic E-state index is 0.0910. The van der Waals surface area contributed by atoms with E-state index < -0.39 is 0 Å². The van der Waals surface area contributed by atoms with Gasteiger partial charge >= 0.3 is 0 Å². The average molecular weight is 273 g/mol. The quantitative estimate of drug-likeness (QED) is 0.864. The number of benzene rings is 1. The first-order valence-electron chi connectivity index (χ1n) is 7.10. The van der Waals surface area contributed by atoms with E-state index in [1.807, 2.05) is 25.1 Å². The zero-order chi connectivity index (χ0) is 14.5. The van der Waals surface area contributed by atoms with Crippen LogP contribution in [-0.4, -0.2) is 13.7 Å². The van der Waals surface area contributed by atoms with Crippen LogP contribution in [-0.2, 0) is 0 Å². The average Bonchev–Trinajstić information content (AvgIpc) is 2.86. The molecule has 1 unspecified atom stereocenters. The number of furan rings is 1. The molecule has 0 bridgehead atoms. The molecule has 3 nitrogen and oxygen atoms in total. The van der Waals surface area contributed by atoms with E-state index in [0.717, 1.165) is 35.8 Å². The lowest BCUT2D eigenvalue weighted by molar-refractivity contribution is 0.409. The van der Waals surface area contributed by atoms with Crippen molar-refractivity contribution in [3.63, 3.8) is 0 Å². The topological polar surface area (TPSA) is 34.4 Å². The fourth-order valence-corrected chi connectivity index (χ4v) is 2.36. The van der Waals surface area contributed by atoms with Crippen molar-refractivity contribution in [3.8, 4) is 5.75 Å². The highest BCUT2D eigenvalue weighted by Gasteiger charge is 2.17. The maximum absolute atomic E-state index is 5.80. The molecule has 0 fully saturated rings. The van der Waals surface area contributed by atoms with Gasteiger partial charge in [0.25, 0.3) is 0 Å². The van der Waals surface area contributed by atoms with E-state index in [1.54, 1.807) is 7.11 Å². The molecular formula is C17H23NO2. The maximum atomic E-state index is 5.80. The van der Waals surface area contributed by atoms with E-state index in [1.165, 1.54) is 5.56 Å². The minimum atomic E-state index is 0.0910. The van der Waals surface area contributed by atoms with Gasteiger partial charge in [-0.1, -0.05) is 19.1 Å². The van der Waals surface area contributed by atoms with Crippen LogP contribution in [0.15, 0.2) is 34.7 Å². The first-order chi connectivity index (χ1) is 9.65. The smallest absolute Gasteiger partial charge is 0.125 e. The van der Waals surface area contributed by atoms with E-state index in [0.29, 0.717) is 0 Å². The molecule has 2 aromatic rings. The Labute approximate surface area is 121 Å². The van der Waals surface area contributed by atoms with E-state index in [4.69, 9.17) is 9.15 Å². The molecule has 1 heterocycles. The third-order valence-corrected chi connectivity index (χ3v) is 3.40. The number of ether oxygens (including phenoxy) is 1. The number of aryl methyl sites for hydroxylation is 2. The number of hydrogen-bond donors (Lipinski definition) is 1. The predicted octanol–water partition coefficient (Wildman–Crippen LogP) is 3.99. The SMILES string of the molecule is CCCNC(c1ccc(OC)c(C)c1)c1ccc(C)o1. The Kier molecular flexibility index (Phi) is 4.85. The molecular weight excluding hydrogens is 250 g/mol. The Morgan fingerprint density at radius 2 is 2.00 bits per heavy atom. The van der Waals surface area contributed by atoms with Gasteiger partial charge in [0.05, 0.1) is 13.2 Å². The number of hydrogen-bond acceptors (Lipinski definition) is 3. The van der Waals surface area contributed by atoms with Gasteiger partial charge in [0.1, 0.15) is 17.3 Å². The monoisotopic (exact) mass is 273 g/mol. The van der Waals surface area contributed by atoms with Crippen molar-refractivity contribution in [2.75, 3.05) is 13.7 Å². The van der Waals surface area contributed by atoms with Crippen molar-refractivity contribution in [2.45, 2.75) is 33.2 Å². The fraction of sp³-hybridized carbons (Fsp3) is 0.412. The molecule has 0 aliphatic carbocycles. The summed E-state index contributed by atoms with van der Waals surface area (Å²) in [7, 11) is 1.70. The van der Waals surface area contributed by atoms with Gasteiger partial charge in [-0.3, -0.25) is 0 Å². The second-order valence-electron chi connectivity index (χ2n) is 5.06. The minimum Gasteiger partial charge on any atom is -0.496 e. The molecule has 0 saturated carbocycles. The van der Waals surface area contributed by atoms with Crippen LogP contribution < -0.4 is 10.1 Å². The highest BCUT2D eigenvalue weighted by molar-refractivity contribution is 5.39. The van der Waals surface area contributed by atoms with Gasteiger partial charge in [-0.05, 0) is 56.1 Å². The Hall–Kier alpha value is -1.74. The summed E-state index contributed by atoms with van der Waals surface area (Å²) in [5, 5.41) is 3.55. The van der Waals surface area contributed by atoms with Crippen molar-refractivity contribution < 1.29 is 9.15 Å². The Balaban J connectivity index is 2.33. The molecule has 3 heteroatoms. The van der Waals surface area contributed by atoms with Gasteiger partial charge in [0.15, 0.2) is 0 Å². The molecule has 0 aliphatic heterocycles. The molecule has 1 atom stereocenters. The van der Waals surface area contributed by atoms with Crippen molar-refractivity contribution in [2.24, 2.45) is 0 Å². The summed E-state index contributed by atoms with van der Waals surface area (Å²) >= 11 is 0. The zero-order valence-electron chi connectivity index (χ0n) is 12.7. The van der Waals surface area contributed by atoms with Crippen LogP contribution in [0.25, 0.3) is 0 Å². The van der Waals surface area contributed by atoms with Crippen LogP contribution in [0.3, 0.4) is 0 Å². The molecule has 1 aromatic carbocycles. The largest absolute Gasteiger partial charge is 0.496 e. The lowest BCUT2D eigenvalue weighted by Crippen LogP contribution is -2.22. The Morgan fingerprint density at radius 1 is 1.20 bits per heavy atom. The van der Waals surface area contributed by atoms with E-state index in [2.05, 4.69) is 31.3 Å². The molecule has 1 aromatic heterocycles. The first kappa shape index (κ1) is 14.7. The van der Waals surface area contributed by atoms with E-state index >= 15 is 0 Å². The van der Waals surface area contributed by atoms with Crippen LogP contribution in [0, 0.1) is 13.8 Å². The van der Waals surface area contributed by atoms with Crippen molar-refractivity contribution in [1.29, 1.82) is 0 Å². The van der Waals surface area contributed by atoms with Gasteiger partial charge in [-0.15, -0.1) is 0 Å². The summed E-state index contributed by atoms with van der Waals surface area (Å²) in [6.45, 7) is 7.15. The number of nitrogens with one attached hydrogen (secondary N) is 1. The standard InChI is InChI=1S/C17H23NO2/c1-5-10-18-17(16-8-6-13(3)20-16)14-7-9-15(19-4)12(2)11-14/h6-9,11,17-18H,5,10H2,1-4H3. The fourth-order valence-electron chi connectivity index (χ4n) is 2.36. The number of rotatable bonds is 6. The molecule has 2 rings (SSSR count). The highest BCUT2D eigenvalue weighted by Crippen LogP contribution is 2.28. The molecule has 108 valence electrons. The third-order valence-electron chi connectivity index (χ3n) is 3.40. The molecule has 0 radical (unpaired) electrons. The van der Waals surface area contributed by atoms with Gasteiger partial charge < -0.3 is 14.5 Å². The Morgan fingerprint density at radius 3 is 2.55 bits per heavy atom. The lowest BCUT2D eigenvalue weighted by atomic mass is 10.0. The van der Waals surface area contributed by atoms with Crippen LogP contribution in [0.5, 0.6) is 5.75 Å². The molecule has 20 heavy (non-hydrogen) atoms. The molecule has 0 spiro atoms. The van der Waals surface area contributed by atoms with Crippen LogP contribution in [0.1, 0.15) is 42.0 Å². The van der Waals surface area contributed by atoms with Crippen LogP contribution in [0.4, 0.5) is 0 Å². The van der Waals surface area contributed by atoms with Crippen molar-refractivity contribution in [3.05, 3.63) is 53.0 Å². The summed E-state index contributed by atoms with van der Waals surface area (Å²) < 4.78 is 11.1. The zero-order valence-corrected chi connectivity index (χ0v) is 12.7. The van der Waals surface area contributed by atoms with Crippen molar-refractivity contribution in [1.82, 2.24) is 5.32 Å². The van der Waals surface area contributed by atoms with Crippen molar-refractivity contribution >= 4 is 0 Å². The normalized spacial score (nSPS) is 12.4. The maximum Gasteiger partial charge on any atom is 0.125 e. The first-order valence-corrected chi connectivity index (χ1v) is 7.10. The third kappa shape index (κ3) is 3.23. The lowest BCUT2D eigenvalue weighted by Gasteiger charge is -2.18. The summed E-state index contributed by atoms with van der Waals surface area (Å²) in [4.78, 5) is 0. The van der Waals surface area contributed by atoms with E-state index in [-0.39, 0.29) is 6.04 Å². The van der Waals surface area contributed by atoms with Gasteiger partial charge in [0, 0.05) is 0 Å². The summed E-state index contributed by atoms with van der Waals surface area (Å²) in [5.41, 5.74) is 2.34. The van der Waals surface area contributed by atoms with Gasteiger partial charge in [-0.25, -0.2) is 0 Å². The second kappa shape index (κ2) is 6.62. The molecule has 1 N–H and O–H groups in total. The summed E-state index contributed by atoms with van der Waals surface area (Å²) in [6.07, 6.45) is 1.09. The molecule has 0 saturated heterocycles. The second-order valence-corrected chi connectivity index (χ2v) is 5.06. The van der Waals surface area contributed by atoms with Crippen LogP contribution >= 0.6 is 0 Å². The summed E-state index contributed by atoms with van der Waals surface area (Å²) in [5.74, 6) is 2.81. The molecule has 0 aliphatic rings. The van der Waals surface area contributed by atoms with E-state index in [9.17, 15) is 0 Å². The van der Waals surface area contributed by atoms with Crippen LogP contribution in [0.2, 0.25) is 0 Å².